The average Bonchev–Trinajstić information content (AvgIpc) is 3.24. The highest BCUT2D eigenvalue weighted by Gasteiger charge is 2.30. The number of piperidine rings is 1. The number of nitrogens with one attached hydrogen (secondary N) is 1. The van der Waals surface area contributed by atoms with Crippen molar-refractivity contribution in [3.8, 4) is 11.3 Å². The Balaban J connectivity index is 1.50. The molecule has 0 saturated carbocycles. The molecule has 1 saturated heterocycles. The highest BCUT2D eigenvalue weighted by atomic mass is 35.5. The van der Waals surface area contributed by atoms with Gasteiger partial charge in [0.1, 0.15) is 11.5 Å². The first-order chi connectivity index (χ1) is 15.4. The lowest BCUT2D eigenvalue weighted by Crippen LogP contribution is -2.46. The quantitative estimate of drug-likeness (QED) is 0.463. The van der Waals surface area contributed by atoms with Crippen molar-refractivity contribution in [2.75, 3.05) is 11.9 Å². The van der Waals surface area contributed by atoms with Crippen LogP contribution in [0.4, 0.5) is 5.69 Å². The van der Waals surface area contributed by atoms with Crippen LogP contribution in [-0.4, -0.2) is 34.5 Å². The summed E-state index contributed by atoms with van der Waals surface area (Å²) < 4.78 is 6.01. The Morgan fingerprint density at radius 1 is 1.09 bits per heavy atom. The Labute approximate surface area is 195 Å². The van der Waals surface area contributed by atoms with Gasteiger partial charge in [-0.2, -0.15) is 0 Å². The van der Waals surface area contributed by atoms with Crippen molar-refractivity contribution < 1.29 is 19.1 Å². The third-order valence-electron chi connectivity index (χ3n) is 5.55. The Morgan fingerprint density at radius 3 is 2.72 bits per heavy atom. The number of likely N-dealkylation sites (tertiary alicyclic amines) is 1. The first-order valence-corrected chi connectivity index (χ1v) is 11.1. The van der Waals surface area contributed by atoms with Gasteiger partial charge in [0.25, 0.3) is 0 Å². The van der Waals surface area contributed by atoms with E-state index in [4.69, 9.17) is 27.6 Å². The molecule has 1 fully saturated rings. The number of aromatic carboxylic acids is 1. The Kier molecular flexibility index (Phi) is 6.84. The SMILES string of the molecule is O=C(O)c1ccccc1NC(=O)[C@@H]1CCCCN1Cc1ccc(-c2cc(Cl)ccc2Cl)o1. The normalized spacial score (nSPS) is 16.6. The van der Waals surface area contributed by atoms with Gasteiger partial charge in [-0.05, 0) is 61.9 Å². The van der Waals surface area contributed by atoms with Crippen LogP contribution >= 0.6 is 23.2 Å². The van der Waals surface area contributed by atoms with E-state index in [1.807, 2.05) is 12.1 Å². The second-order valence-electron chi connectivity index (χ2n) is 7.71. The fraction of sp³-hybridized carbons (Fsp3) is 0.250. The van der Waals surface area contributed by atoms with Gasteiger partial charge < -0.3 is 14.8 Å². The molecule has 0 aliphatic carbocycles. The summed E-state index contributed by atoms with van der Waals surface area (Å²) in [6, 6.07) is 14.9. The monoisotopic (exact) mass is 472 g/mol. The first-order valence-electron chi connectivity index (χ1n) is 10.3. The molecule has 1 aliphatic heterocycles. The maximum absolute atomic E-state index is 13.0. The lowest BCUT2D eigenvalue weighted by molar-refractivity contribution is -0.122. The van der Waals surface area contributed by atoms with Crippen molar-refractivity contribution in [3.05, 3.63) is 76.0 Å². The summed E-state index contributed by atoms with van der Waals surface area (Å²) >= 11 is 12.4. The fourth-order valence-corrected chi connectivity index (χ4v) is 4.35. The molecule has 2 heterocycles. The zero-order valence-corrected chi connectivity index (χ0v) is 18.7. The van der Waals surface area contributed by atoms with E-state index in [-0.39, 0.29) is 17.5 Å². The molecular weight excluding hydrogens is 451 g/mol. The van der Waals surface area contributed by atoms with Gasteiger partial charge in [0.15, 0.2) is 0 Å². The summed E-state index contributed by atoms with van der Waals surface area (Å²) in [5.41, 5.74) is 1.08. The van der Waals surface area contributed by atoms with E-state index in [0.717, 1.165) is 19.4 Å². The Hall–Kier alpha value is -2.80. The highest BCUT2D eigenvalue weighted by Crippen LogP contribution is 2.32. The van der Waals surface area contributed by atoms with E-state index >= 15 is 0 Å². The molecule has 0 spiro atoms. The predicted molar refractivity (Wildman–Crippen MR) is 124 cm³/mol. The van der Waals surface area contributed by atoms with Gasteiger partial charge in [-0.25, -0.2) is 4.79 Å². The standard InChI is InChI=1S/C24H22Cl2N2O4/c25-15-8-10-19(26)18(13-15)22-11-9-16(32-22)14-28-12-4-3-7-21(28)23(29)27-20-6-2-1-5-17(20)24(30)31/h1-2,5-6,8-11,13,21H,3-4,7,12,14H2,(H,27,29)(H,30,31)/t21-/m0/s1. The van der Waals surface area contributed by atoms with Crippen molar-refractivity contribution in [3.63, 3.8) is 0 Å². The molecule has 0 bridgehead atoms. The second kappa shape index (κ2) is 9.77. The molecule has 166 valence electrons. The summed E-state index contributed by atoms with van der Waals surface area (Å²) in [7, 11) is 0. The number of anilines is 1. The zero-order valence-electron chi connectivity index (χ0n) is 17.2. The Bertz CT molecular complexity index is 1140. The molecule has 32 heavy (non-hydrogen) atoms. The van der Waals surface area contributed by atoms with Crippen LogP contribution in [0.2, 0.25) is 10.0 Å². The van der Waals surface area contributed by atoms with Gasteiger partial charge in [0, 0.05) is 10.6 Å². The van der Waals surface area contributed by atoms with E-state index in [2.05, 4.69) is 10.2 Å². The molecule has 1 atom stereocenters. The molecule has 1 amide bonds. The summed E-state index contributed by atoms with van der Waals surface area (Å²) in [6.45, 7) is 1.20. The molecule has 6 nitrogen and oxygen atoms in total. The smallest absolute Gasteiger partial charge is 0.337 e. The third-order valence-corrected chi connectivity index (χ3v) is 6.11. The molecule has 1 aromatic heterocycles. The summed E-state index contributed by atoms with van der Waals surface area (Å²) in [5.74, 6) is 0.0230. The van der Waals surface area contributed by atoms with Crippen LogP contribution in [0.3, 0.4) is 0 Å². The van der Waals surface area contributed by atoms with Crippen molar-refractivity contribution in [2.24, 2.45) is 0 Å². The number of rotatable bonds is 6. The van der Waals surface area contributed by atoms with Crippen molar-refractivity contribution in [1.29, 1.82) is 0 Å². The number of furan rings is 1. The second-order valence-corrected chi connectivity index (χ2v) is 8.56. The number of nitrogens with zero attached hydrogens (tertiary/aromatic N) is 1. The highest BCUT2D eigenvalue weighted by molar-refractivity contribution is 6.35. The third kappa shape index (κ3) is 4.99. The average molecular weight is 473 g/mol. The minimum Gasteiger partial charge on any atom is -0.478 e. The number of hydrogen-bond donors (Lipinski definition) is 2. The lowest BCUT2D eigenvalue weighted by atomic mass is 10.0. The number of carbonyl (C=O) groups is 2. The minimum atomic E-state index is -1.08. The van der Waals surface area contributed by atoms with Crippen LogP contribution < -0.4 is 5.32 Å². The molecular formula is C24H22Cl2N2O4. The van der Waals surface area contributed by atoms with Crippen molar-refractivity contribution >= 4 is 40.8 Å². The summed E-state index contributed by atoms with van der Waals surface area (Å²) in [5, 5.41) is 13.3. The molecule has 4 rings (SSSR count). The number of benzene rings is 2. The van der Waals surface area contributed by atoms with E-state index in [1.165, 1.54) is 6.07 Å². The van der Waals surface area contributed by atoms with Crippen LogP contribution in [-0.2, 0) is 11.3 Å². The number of para-hydroxylation sites is 1. The largest absolute Gasteiger partial charge is 0.478 e. The fourth-order valence-electron chi connectivity index (χ4n) is 3.97. The molecule has 0 unspecified atom stereocenters. The zero-order chi connectivity index (χ0) is 22.7. The first kappa shape index (κ1) is 22.4. The molecule has 2 aromatic carbocycles. The molecule has 3 aromatic rings. The van der Waals surface area contributed by atoms with Gasteiger partial charge in [0.2, 0.25) is 5.91 Å². The number of carboxylic acids is 1. The van der Waals surface area contributed by atoms with Crippen LogP contribution in [0, 0.1) is 0 Å². The van der Waals surface area contributed by atoms with E-state index < -0.39 is 5.97 Å². The maximum Gasteiger partial charge on any atom is 0.337 e. The van der Waals surface area contributed by atoms with Crippen LogP contribution in [0.5, 0.6) is 0 Å². The van der Waals surface area contributed by atoms with Crippen LogP contribution in [0.1, 0.15) is 35.4 Å². The van der Waals surface area contributed by atoms with Crippen LogP contribution in [0.15, 0.2) is 59.0 Å². The number of carboxylic acid groups (broad SMARTS) is 1. The van der Waals surface area contributed by atoms with Gasteiger partial charge in [-0.3, -0.25) is 9.69 Å². The van der Waals surface area contributed by atoms with Crippen molar-refractivity contribution in [2.45, 2.75) is 31.8 Å². The van der Waals surface area contributed by atoms with E-state index in [0.29, 0.717) is 45.8 Å². The number of hydrogen-bond acceptors (Lipinski definition) is 4. The predicted octanol–water partition coefficient (Wildman–Crippen LogP) is 5.94. The molecule has 1 aliphatic rings. The van der Waals surface area contributed by atoms with E-state index in [9.17, 15) is 14.7 Å². The molecule has 8 heteroatoms. The Morgan fingerprint density at radius 2 is 1.91 bits per heavy atom. The number of halogens is 2. The van der Waals surface area contributed by atoms with Gasteiger partial charge in [0.05, 0.1) is 28.9 Å². The topological polar surface area (TPSA) is 82.8 Å². The van der Waals surface area contributed by atoms with Crippen molar-refractivity contribution in [1.82, 2.24) is 4.90 Å². The summed E-state index contributed by atoms with van der Waals surface area (Å²) in [6.07, 6.45) is 2.59. The van der Waals surface area contributed by atoms with Crippen LogP contribution in [0.25, 0.3) is 11.3 Å². The lowest BCUT2D eigenvalue weighted by Gasteiger charge is -2.34. The maximum atomic E-state index is 13.0. The number of amides is 1. The number of carbonyl (C=O) groups excluding carboxylic acids is 1. The molecule has 0 radical (unpaired) electrons. The van der Waals surface area contributed by atoms with Gasteiger partial charge in [-0.1, -0.05) is 41.8 Å². The van der Waals surface area contributed by atoms with Gasteiger partial charge in [-0.15, -0.1) is 0 Å². The van der Waals surface area contributed by atoms with Gasteiger partial charge >= 0.3 is 5.97 Å². The minimum absolute atomic E-state index is 0.0669. The summed E-state index contributed by atoms with van der Waals surface area (Å²) in [4.78, 5) is 26.6. The van der Waals surface area contributed by atoms with E-state index in [1.54, 1.807) is 36.4 Å². The molecule has 2 N–H and O–H groups in total.